The number of nitrogens with zero attached hydrogens (tertiary/aromatic N) is 2. The molecule has 1 amide bonds. The second-order valence-corrected chi connectivity index (χ2v) is 9.23. The first-order chi connectivity index (χ1) is 12.7. The van der Waals surface area contributed by atoms with Gasteiger partial charge in [0.05, 0.1) is 16.5 Å². The predicted octanol–water partition coefficient (Wildman–Crippen LogP) is 2.17. The third-order valence-electron chi connectivity index (χ3n) is 4.31. The maximum atomic E-state index is 12.9. The lowest BCUT2D eigenvalue weighted by atomic mass is 10.1. The van der Waals surface area contributed by atoms with Gasteiger partial charge in [0.2, 0.25) is 15.9 Å². The van der Waals surface area contributed by atoms with E-state index in [2.05, 4.69) is 5.32 Å². The molecule has 0 saturated carbocycles. The Morgan fingerprint density at radius 3 is 2.48 bits per heavy atom. The van der Waals surface area contributed by atoms with Gasteiger partial charge in [0, 0.05) is 19.8 Å². The summed E-state index contributed by atoms with van der Waals surface area (Å²) in [6, 6.07) is 12.8. The van der Waals surface area contributed by atoms with Crippen LogP contribution in [0.5, 0.6) is 0 Å². The summed E-state index contributed by atoms with van der Waals surface area (Å²) in [4.78, 5) is 24.6. The van der Waals surface area contributed by atoms with Crippen molar-refractivity contribution in [3.63, 3.8) is 0 Å². The van der Waals surface area contributed by atoms with Crippen molar-refractivity contribution in [2.24, 2.45) is 7.05 Å². The molecule has 0 fully saturated rings. The fourth-order valence-electron chi connectivity index (χ4n) is 2.78. The summed E-state index contributed by atoms with van der Waals surface area (Å²) in [5.74, 6) is -0.475. The van der Waals surface area contributed by atoms with Gasteiger partial charge in [-0.25, -0.2) is 8.42 Å². The molecule has 3 aromatic rings. The molecule has 27 heavy (non-hydrogen) atoms. The lowest BCUT2D eigenvalue weighted by molar-refractivity contribution is -0.119. The Labute approximate surface area is 160 Å². The topological polar surface area (TPSA) is 88.5 Å². The van der Waals surface area contributed by atoms with Gasteiger partial charge in [-0.15, -0.1) is 0 Å². The molecular weight excluding hydrogens is 386 g/mol. The summed E-state index contributed by atoms with van der Waals surface area (Å²) in [6.45, 7) is 0. The van der Waals surface area contributed by atoms with Crippen molar-refractivity contribution in [1.82, 2.24) is 8.87 Å². The molecule has 0 saturated heterocycles. The molecule has 7 nitrogen and oxygen atoms in total. The zero-order chi connectivity index (χ0) is 19.8. The third-order valence-corrected chi connectivity index (χ3v) is 6.56. The number of amides is 1. The Kier molecular flexibility index (Phi) is 5.18. The summed E-state index contributed by atoms with van der Waals surface area (Å²) in [6.07, 6.45) is 1.06. The number of rotatable bonds is 5. The van der Waals surface area contributed by atoms with Crippen molar-refractivity contribution in [2.45, 2.75) is 6.04 Å². The molecule has 3 rings (SSSR count). The molecule has 1 aromatic heterocycles. The average molecular weight is 406 g/mol. The van der Waals surface area contributed by atoms with Gasteiger partial charge in [0.15, 0.2) is 0 Å². The Morgan fingerprint density at radius 2 is 1.85 bits per heavy atom. The maximum Gasteiger partial charge on any atom is 0.307 e. The number of aromatic nitrogens is 1. The molecule has 0 aliphatic carbocycles. The first kappa shape index (κ1) is 19.3. The molecule has 1 atom stereocenters. The largest absolute Gasteiger partial charge is 0.324 e. The monoisotopic (exact) mass is 405 g/mol. The van der Waals surface area contributed by atoms with Crippen LogP contribution in [0.2, 0.25) is 0 Å². The smallest absolute Gasteiger partial charge is 0.307 e. The number of anilines is 1. The molecule has 0 aliphatic rings. The minimum absolute atomic E-state index is 0.0903. The summed E-state index contributed by atoms with van der Waals surface area (Å²) >= 11 is 1.09. The van der Waals surface area contributed by atoms with Crippen LogP contribution in [0.4, 0.5) is 5.69 Å². The van der Waals surface area contributed by atoms with Gasteiger partial charge in [0.1, 0.15) is 6.04 Å². The van der Waals surface area contributed by atoms with Gasteiger partial charge in [0.25, 0.3) is 0 Å². The molecule has 0 unspecified atom stereocenters. The van der Waals surface area contributed by atoms with Gasteiger partial charge in [-0.1, -0.05) is 41.7 Å². The zero-order valence-electron chi connectivity index (χ0n) is 15.0. The number of likely N-dealkylation sites (N-methyl/N-ethyl adjacent to an activating group) is 1. The fourth-order valence-corrected chi connectivity index (χ4v) is 4.29. The molecule has 2 aromatic carbocycles. The van der Waals surface area contributed by atoms with Crippen LogP contribution in [0.3, 0.4) is 0 Å². The highest BCUT2D eigenvalue weighted by molar-refractivity contribution is 7.88. The zero-order valence-corrected chi connectivity index (χ0v) is 16.7. The van der Waals surface area contributed by atoms with Crippen LogP contribution in [0, 0.1) is 0 Å². The number of sulfonamides is 1. The van der Waals surface area contributed by atoms with Gasteiger partial charge in [-0.3, -0.25) is 9.59 Å². The Morgan fingerprint density at radius 1 is 1.19 bits per heavy atom. The van der Waals surface area contributed by atoms with Crippen LogP contribution in [0.1, 0.15) is 11.6 Å². The van der Waals surface area contributed by atoms with Gasteiger partial charge >= 0.3 is 4.87 Å². The van der Waals surface area contributed by atoms with E-state index in [1.807, 2.05) is 0 Å². The molecule has 0 aliphatic heterocycles. The first-order valence-electron chi connectivity index (χ1n) is 8.07. The van der Waals surface area contributed by atoms with E-state index >= 15 is 0 Å². The highest BCUT2D eigenvalue weighted by atomic mass is 32.2. The Balaban J connectivity index is 1.96. The van der Waals surface area contributed by atoms with Crippen molar-refractivity contribution in [3.05, 3.63) is 63.8 Å². The molecule has 0 radical (unpaired) electrons. The average Bonchev–Trinajstić information content (AvgIpc) is 2.89. The van der Waals surface area contributed by atoms with Crippen LogP contribution in [-0.4, -0.2) is 36.5 Å². The summed E-state index contributed by atoms with van der Waals surface area (Å²) < 4.78 is 27.4. The van der Waals surface area contributed by atoms with E-state index in [0.717, 1.165) is 32.1 Å². The number of hydrogen-bond acceptors (Lipinski definition) is 5. The number of aryl methyl sites for hydroxylation is 1. The van der Waals surface area contributed by atoms with Crippen molar-refractivity contribution in [2.75, 3.05) is 18.6 Å². The van der Waals surface area contributed by atoms with E-state index < -0.39 is 22.0 Å². The number of nitrogens with one attached hydrogen (secondary N) is 1. The Bertz CT molecular complexity index is 1150. The van der Waals surface area contributed by atoms with E-state index in [0.29, 0.717) is 11.3 Å². The molecular formula is C18H19N3O4S2. The number of fused-ring (bicyclic) bond motifs is 1. The van der Waals surface area contributed by atoms with Gasteiger partial charge in [-0.2, -0.15) is 4.31 Å². The van der Waals surface area contributed by atoms with Crippen LogP contribution in [-0.2, 0) is 21.9 Å². The molecule has 1 heterocycles. The number of hydrogen-bond donors (Lipinski definition) is 1. The van der Waals surface area contributed by atoms with Gasteiger partial charge < -0.3 is 9.88 Å². The second-order valence-electron chi connectivity index (χ2n) is 6.19. The highest BCUT2D eigenvalue weighted by Gasteiger charge is 2.30. The summed E-state index contributed by atoms with van der Waals surface area (Å²) in [7, 11) is -0.534. The van der Waals surface area contributed by atoms with Crippen LogP contribution >= 0.6 is 11.3 Å². The number of thiazole rings is 1. The predicted molar refractivity (Wildman–Crippen MR) is 107 cm³/mol. The lowest BCUT2D eigenvalue weighted by Crippen LogP contribution is -2.38. The third kappa shape index (κ3) is 3.95. The summed E-state index contributed by atoms with van der Waals surface area (Å²) in [5.41, 5.74) is 1.83. The lowest BCUT2D eigenvalue weighted by Gasteiger charge is -2.25. The van der Waals surface area contributed by atoms with Crippen molar-refractivity contribution >= 4 is 43.2 Å². The van der Waals surface area contributed by atoms with E-state index in [1.54, 1.807) is 55.6 Å². The molecule has 1 N–H and O–H groups in total. The van der Waals surface area contributed by atoms with E-state index in [9.17, 15) is 18.0 Å². The highest BCUT2D eigenvalue weighted by Crippen LogP contribution is 2.26. The van der Waals surface area contributed by atoms with Gasteiger partial charge in [-0.05, 0) is 23.8 Å². The second kappa shape index (κ2) is 7.26. The van der Waals surface area contributed by atoms with Crippen molar-refractivity contribution in [1.29, 1.82) is 0 Å². The van der Waals surface area contributed by atoms with E-state index in [4.69, 9.17) is 0 Å². The maximum absolute atomic E-state index is 12.9. The standard InChI is InChI=1S/C18H19N3O4S2/c1-20-14-10-9-13(11-15(14)26-18(20)23)19-17(22)16(21(2)27(3,24)25)12-7-5-4-6-8-12/h4-11,16H,1-3H3,(H,19,22)/t16-/m0/s1. The van der Waals surface area contributed by atoms with E-state index in [-0.39, 0.29) is 4.87 Å². The minimum Gasteiger partial charge on any atom is -0.324 e. The SMILES string of the molecule is CN([C@H](C(=O)Nc1ccc2c(c1)sc(=O)n2C)c1ccccc1)S(C)(=O)=O. The quantitative estimate of drug-likeness (QED) is 0.705. The van der Waals surface area contributed by atoms with Crippen LogP contribution in [0.15, 0.2) is 53.3 Å². The number of carbonyl (C=O) groups is 1. The molecule has 9 heteroatoms. The van der Waals surface area contributed by atoms with Crippen LogP contribution < -0.4 is 10.2 Å². The first-order valence-corrected chi connectivity index (χ1v) is 10.7. The molecule has 0 spiro atoms. The van der Waals surface area contributed by atoms with Crippen LogP contribution in [0.25, 0.3) is 10.2 Å². The normalized spacial score (nSPS) is 13.0. The minimum atomic E-state index is -3.59. The molecule has 0 bridgehead atoms. The number of benzene rings is 2. The number of carbonyl (C=O) groups excluding carboxylic acids is 1. The van der Waals surface area contributed by atoms with Crippen molar-refractivity contribution < 1.29 is 13.2 Å². The molecule has 142 valence electrons. The fraction of sp³-hybridized carbons (Fsp3) is 0.222. The summed E-state index contributed by atoms with van der Waals surface area (Å²) in [5, 5.41) is 2.76. The van der Waals surface area contributed by atoms with Crippen molar-refractivity contribution in [3.8, 4) is 0 Å². The Hall–Kier alpha value is -2.49. The van der Waals surface area contributed by atoms with E-state index in [1.165, 1.54) is 11.6 Å².